The molecule has 5 nitrogen and oxygen atoms in total. The molecule has 7 heteroatoms. The Bertz CT molecular complexity index is 904. The van der Waals surface area contributed by atoms with Gasteiger partial charge in [0.2, 0.25) is 0 Å². The number of aryl methyl sites for hydroxylation is 2. The normalized spacial score (nSPS) is 11.0. The number of nitrogens with one attached hydrogen (secondary N) is 1. The van der Waals surface area contributed by atoms with Gasteiger partial charge in [-0.25, -0.2) is 13.6 Å². The maximum Gasteiger partial charge on any atom is 0.344 e. The van der Waals surface area contributed by atoms with E-state index >= 15 is 0 Å². The number of aromatic nitrogens is 3. The standard InChI is InChI=1S/C16H14F2N4O/c1-9-3-4-11(5-10(9)2)8-19-16(23)22-14-7-12(17)6-13(18)15(14)20-21-22/h3-7H,8H2,1-2H3,(H,19,23). The molecule has 0 spiro atoms. The molecule has 0 bridgehead atoms. The van der Waals surface area contributed by atoms with E-state index in [4.69, 9.17) is 0 Å². The zero-order valence-corrected chi connectivity index (χ0v) is 12.6. The Morgan fingerprint density at radius 2 is 1.96 bits per heavy atom. The van der Waals surface area contributed by atoms with Crippen molar-refractivity contribution in [2.24, 2.45) is 0 Å². The lowest BCUT2D eigenvalue weighted by atomic mass is 10.1. The van der Waals surface area contributed by atoms with Crippen LogP contribution >= 0.6 is 0 Å². The molecule has 0 saturated heterocycles. The first kappa shape index (κ1) is 15.1. The summed E-state index contributed by atoms with van der Waals surface area (Å²) in [7, 11) is 0. The van der Waals surface area contributed by atoms with Crippen LogP contribution in [0.25, 0.3) is 11.0 Å². The van der Waals surface area contributed by atoms with Crippen molar-refractivity contribution in [3.63, 3.8) is 0 Å². The Kier molecular flexibility index (Phi) is 3.77. The highest BCUT2D eigenvalue weighted by molar-refractivity contribution is 5.87. The Hall–Kier alpha value is -2.83. The van der Waals surface area contributed by atoms with Crippen molar-refractivity contribution in [3.05, 3.63) is 58.7 Å². The minimum Gasteiger partial charge on any atom is -0.332 e. The number of benzene rings is 2. The third-order valence-electron chi connectivity index (χ3n) is 3.68. The SMILES string of the molecule is Cc1ccc(CNC(=O)n2nnc3c(F)cc(F)cc32)cc1C. The first-order chi connectivity index (χ1) is 11.0. The van der Waals surface area contributed by atoms with E-state index in [1.807, 2.05) is 32.0 Å². The average Bonchev–Trinajstić information content (AvgIpc) is 2.92. The van der Waals surface area contributed by atoms with Crippen molar-refractivity contribution in [2.45, 2.75) is 20.4 Å². The second kappa shape index (κ2) is 5.75. The summed E-state index contributed by atoms with van der Waals surface area (Å²) in [6, 6.07) is 6.96. The fourth-order valence-corrected chi connectivity index (χ4v) is 2.27. The second-order valence-electron chi connectivity index (χ2n) is 5.33. The number of carbonyl (C=O) groups is 1. The van der Waals surface area contributed by atoms with Crippen molar-refractivity contribution in [2.75, 3.05) is 0 Å². The zero-order valence-electron chi connectivity index (χ0n) is 12.6. The van der Waals surface area contributed by atoms with Crippen LogP contribution in [0.4, 0.5) is 13.6 Å². The molecule has 0 aliphatic carbocycles. The topological polar surface area (TPSA) is 59.8 Å². The first-order valence-electron chi connectivity index (χ1n) is 7.00. The lowest BCUT2D eigenvalue weighted by Crippen LogP contribution is -2.29. The largest absolute Gasteiger partial charge is 0.344 e. The molecule has 1 amide bonds. The Balaban J connectivity index is 1.82. The van der Waals surface area contributed by atoms with E-state index in [-0.39, 0.29) is 17.6 Å². The number of amides is 1. The second-order valence-corrected chi connectivity index (χ2v) is 5.33. The predicted molar refractivity (Wildman–Crippen MR) is 81.0 cm³/mol. The Morgan fingerprint density at radius 3 is 2.70 bits per heavy atom. The summed E-state index contributed by atoms with van der Waals surface area (Å²) in [6.07, 6.45) is 0. The van der Waals surface area contributed by atoms with Crippen molar-refractivity contribution < 1.29 is 13.6 Å². The summed E-state index contributed by atoms with van der Waals surface area (Å²) in [4.78, 5) is 12.2. The summed E-state index contributed by atoms with van der Waals surface area (Å²) in [5.41, 5.74) is 3.04. The molecule has 118 valence electrons. The van der Waals surface area contributed by atoms with E-state index in [1.54, 1.807) is 0 Å². The zero-order chi connectivity index (χ0) is 16.6. The molecule has 0 aliphatic heterocycles. The molecule has 0 saturated carbocycles. The minimum atomic E-state index is -0.854. The van der Waals surface area contributed by atoms with E-state index in [2.05, 4.69) is 15.6 Å². The molecule has 1 N–H and O–H groups in total. The van der Waals surface area contributed by atoms with Gasteiger partial charge in [-0.15, -0.1) is 5.10 Å². The molecule has 1 aromatic heterocycles. The number of rotatable bonds is 2. The number of hydrogen-bond donors (Lipinski definition) is 1. The molecule has 23 heavy (non-hydrogen) atoms. The fraction of sp³-hybridized carbons (Fsp3) is 0.188. The molecule has 0 unspecified atom stereocenters. The van der Waals surface area contributed by atoms with Crippen LogP contribution < -0.4 is 5.32 Å². The van der Waals surface area contributed by atoms with E-state index in [1.165, 1.54) is 0 Å². The Morgan fingerprint density at radius 1 is 1.17 bits per heavy atom. The fourth-order valence-electron chi connectivity index (χ4n) is 2.27. The van der Waals surface area contributed by atoms with E-state index in [9.17, 15) is 13.6 Å². The minimum absolute atomic E-state index is 0.0138. The molecule has 1 heterocycles. The summed E-state index contributed by atoms with van der Waals surface area (Å²) < 4.78 is 27.7. The highest BCUT2D eigenvalue weighted by atomic mass is 19.1. The smallest absolute Gasteiger partial charge is 0.332 e. The van der Waals surface area contributed by atoms with Gasteiger partial charge in [-0.1, -0.05) is 23.4 Å². The van der Waals surface area contributed by atoms with Gasteiger partial charge in [0.25, 0.3) is 0 Å². The molecule has 2 aromatic carbocycles. The van der Waals surface area contributed by atoms with E-state index in [0.717, 1.165) is 27.4 Å². The van der Waals surface area contributed by atoms with Gasteiger partial charge < -0.3 is 5.32 Å². The third-order valence-corrected chi connectivity index (χ3v) is 3.68. The third kappa shape index (κ3) is 2.90. The molecular weight excluding hydrogens is 302 g/mol. The molecule has 0 aliphatic rings. The predicted octanol–water partition coefficient (Wildman–Crippen LogP) is 3.08. The summed E-state index contributed by atoms with van der Waals surface area (Å²) in [5.74, 6) is -1.64. The molecular formula is C16H14F2N4O. The Labute approximate surface area is 130 Å². The molecule has 0 atom stereocenters. The summed E-state index contributed by atoms with van der Waals surface area (Å²) >= 11 is 0. The van der Waals surface area contributed by atoms with E-state index < -0.39 is 17.7 Å². The van der Waals surface area contributed by atoms with Crippen molar-refractivity contribution in [1.29, 1.82) is 0 Å². The number of fused-ring (bicyclic) bond motifs is 1. The lowest BCUT2D eigenvalue weighted by molar-refractivity contribution is 0.239. The molecule has 3 rings (SSSR count). The van der Waals surface area contributed by atoms with Gasteiger partial charge in [0, 0.05) is 18.7 Å². The summed E-state index contributed by atoms with van der Waals surface area (Å²) in [5, 5.41) is 9.82. The van der Waals surface area contributed by atoms with Gasteiger partial charge in [-0.3, -0.25) is 0 Å². The molecule has 0 radical (unpaired) electrons. The number of nitrogens with zero attached hydrogens (tertiary/aromatic N) is 3. The average molecular weight is 316 g/mol. The number of hydrogen-bond acceptors (Lipinski definition) is 3. The maximum absolute atomic E-state index is 13.6. The van der Waals surface area contributed by atoms with Gasteiger partial charge in [-0.05, 0) is 30.5 Å². The van der Waals surface area contributed by atoms with Crippen LogP contribution in [-0.2, 0) is 6.54 Å². The summed E-state index contributed by atoms with van der Waals surface area (Å²) in [6.45, 7) is 4.26. The number of halogens is 2. The van der Waals surface area contributed by atoms with Crippen LogP contribution in [0.3, 0.4) is 0 Å². The van der Waals surface area contributed by atoms with Crippen LogP contribution in [0, 0.1) is 25.5 Å². The lowest BCUT2D eigenvalue weighted by Gasteiger charge is -2.07. The van der Waals surface area contributed by atoms with Crippen molar-refractivity contribution >= 4 is 17.1 Å². The van der Waals surface area contributed by atoms with Crippen LogP contribution in [0.15, 0.2) is 30.3 Å². The van der Waals surface area contributed by atoms with Crippen LogP contribution in [0.5, 0.6) is 0 Å². The van der Waals surface area contributed by atoms with Gasteiger partial charge >= 0.3 is 6.03 Å². The van der Waals surface area contributed by atoms with Crippen LogP contribution in [0.1, 0.15) is 16.7 Å². The van der Waals surface area contributed by atoms with Crippen LogP contribution in [-0.4, -0.2) is 21.0 Å². The van der Waals surface area contributed by atoms with Gasteiger partial charge in [0.15, 0.2) is 5.82 Å². The quantitative estimate of drug-likeness (QED) is 0.790. The van der Waals surface area contributed by atoms with E-state index in [0.29, 0.717) is 6.07 Å². The van der Waals surface area contributed by atoms with Crippen molar-refractivity contribution in [3.8, 4) is 0 Å². The van der Waals surface area contributed by atoms with Gasteiger partial charge in [0.05, 0.1) is 0 Å². The monoisotopic (exact) mass is 316 g/mol. The maximum atomic E-state index is 13.6. The number of carbonyl (C=O) groups excluding carboxylic acids is 1. The van der Waals surface area contributed by atoms with Crippen LogP contribution in [0.2, 0.25) is 0 Å². The van der Waals surface area contributed by atoms with Gasteiger partial charge in [0.1, 0.15) is 16.9 Å². The highest BCUT2D eigenvalue weighted by Crippen LogP contribution is 2.17. The molecule has 3 aromatic rings. The highest BCUT2D eigenvalue weighted by Gasteiger charge is 2.16. The first-order valence-corrected chi connectivity index (χ1v) is 7.00. The van der Waals surface area contributed by atoms with Crippen molar-refractivity contribution in [1.82, 2.24) is 20.3 Å². The molecule has 0 fully saturated rings. The van der Waals surface area contributed by atoms with Gasteiger partial charge in [-0.2, -0.15) is 4.68 Å².